The third-order valence-electron chi connectivity index (χ3n) is 5.35. The highest BCUT2D eigenvalue weighted by Crippen LogP contribution is 2.16. The normalized spacial score (nSPS) is 18.0. The third kappa shape index (κ3) is 11.6. The number of nitrogens with two attached hydrogens (primary N) is 1. The molecule has 2 unspecified atom stereocenters. The Hall–Kier alpha value is -0.960. The van der Waals surface area contributed by atoms with Crippen molar-refractivity contribution >= 4 is 0 Å². The first-order valence-electron chi connectivity index (χ1n) is 11.4. The lowest BCUT2D eigenvalue weighted by molar-refractivity contribution is 0.208. The summed E-state index contributed by atoms with van der Waals surface area (Å²) in [5, 5.41) is 3.40. The Balaban J connectivity index is 1.78. The molecular formula is C23H45N3. The van der Waals surface area contributed by atoms with E-state index in [0.717, 1.165) is 0 Å². The van der Waals surface area contributed by atoms with Crippen LogP contribution >= 0.6 is 0 Å². The van der Waals surface area contributed by atoms with Crippen LogP contribution in [0.25, 0.3) is 0 Å². The van der Waals surface area contributed by atoms with E-state index in [4.69, 9.17) is 5.73 Å². The molecule has 152 valence electrons. The summed E-state index contributed by atoms with van der Waals surface area (Å²) in [5.74, 6) is 0. The van der Waals surface area contributed by atoms with E-state index in [1.54, 1.807) is 0 Å². The van der Waals surface area contributed by atoms with Gasteiger partial charge in [-0.15, -0.1) is 0 Å². The highest BCUT2D eigenvalue weighted by molar-refractivity contribution is 4.95. The molecule has 3 N–H and O–H groups in total. The molecule has 0 aromatic carbocycles. The first-order valence-corrected chi connectivity index (χ1v) is 11.4. The van der Waals surface area contributed by atoms with Gasteiger partial charge in [-0.05, 0) is 39.0 Å². The molecule has 0 saturated carbocycles. The van der Waals surface area contributed by atoms with Crippen molar-refractivity contribution in [3.63, 3.8) is 0 Å². The average Bonchev–Trinajstić information content (AvgIpc) is 3.10. The van der Waals surface area contributed by atoms with E-state index < -0.39 is 0 Å². The molecule has 1 rings (SSSR count). The second-order valence-electron chi connectivity index (χ2n) is 7.91. The van der Waals surface area contributed by atoms with Crippen molar-refractivity contribution in [2.75, 3.05) is 0 Å². The fourth-order valence-electron chi connectivity index (χ4n) is 3.65. The van der Waals surface area contributed by atoms with Crippen molar-refractivity contribution in [2.24, 2.45) is 5.73 Å². The van der Waals surface area contributed by atoms with Gasteiger partial charge in [-0.3, -0.25) is 0 Å². The summed E-state index contributed by atoms with van der Waals surface area (Å²) < 4.78 is 0. The summed E-state index contributed by atoms with van der Waals surface area (Å²) >= 11 is 0. The fourth-order valence-corrected chi connectivity index (χ4v) is 3.65. The van der Waals surface area contributed by atoms with Gasteiger partial charge in [0.2, 0.25) is 0 Å². The number of unbranched alkanes of at least 4 members (excludes halogenated alkanes) is 12. The molecule has 0 spiro atoms. The van der Waals surface area contributed by atoms with Gasteiger partial charge in [0.05, 0.1) is 12.3 Å². The van der Waals surface area contributed by atoms with E-state index in [-0.39, 0.29) is 6.17 Å². The number of hydrogen-bond donors (Lipinski definition) is 2. The van der Waals surface area contributed by atoms with E-state index >= 15 is 0 Å². The third-order valence-corrected chi connectivity index (χ3v) is 5.35. The first kappa shape index (κ1) is 23.1. The van der Waals surface area contributed by atoms with Gasteiger partial charge in [0.1, 0.15) is 0 Å². The standard InChI is InChI=1S/C23H45N3/c1-3-4-5-6-7-8-9-10-11-12-13-14-15-16-17-18-19-23-25-20-21-26(23)22(2)24/h6-7,20-23,25H,3-5,8-19,24H2,1-2H3/b7-6+. The molecule has 1 aliphatic rings. The summed E-state index contributed by atoms with van der Waals surface area (Å²) in [7, 11) is 0. The summed E-state index contributed by atoms with van der Waals surface area (Å²) in [6.07, 6.45) is 29.8. The second-order valence-corrected chi connectivity index (χ2v) is 7.91. The predicted molar refractivity (Wildman–Crippen MR) is 116 cm³/mol. The second kappa shape index (κ2) is 16.2. The van der Waals surface area contributed by atoms with Crippen LogP contribution in [0.5, 0.6) is 0 Å². The fraction of sp³-hybridized carbons (Fsp3) is 0.826. The van der Waals surface area contributed by atoms with Crippen LogP contribution in [0.4, 0.5) is 0 Å². The number of nitrogens with zero attached hydrogens (tertiary/aromatic N) is 1. The molecule has 1 heterocycles. The molecule has 3 nitrogen and oxygen atoms in total. The van der Waals surface area contributed by atoms with Crippen LogP contribution in [0.1, 0.15) is 110 Å². The molecule has 1 aliphatic heterocycles. The SMILES string of the molecule is CCCC/C=C/CCCCCCCCCCCCC1NC=CN1C(C)N. The van der Waals surface area contributed by atoms with Crippen LogP contribution in [-0.2, 0) is 0 Å². The predicted octanol–water partition coefficient (Wildman–Crippen LogP) is 6.42. The zero-order valence-corrected chi connectivity index (χ0v) is 17.6. The molecule has 3 heteroatoms. The molecule has 0 aliphatic carbocycles. The Kier molecular flexibility index (Phi) is 14.4. The summed E-state index contributed by atoms with van der Waals surface area (Å²) in [6.45, 7) is 4.31. The van der Waals surface area contributed by atoms with Crippen molar-refractivity contribution < 1.29 is 0 Å². The van der Waals surface area contributed by atoms with Crippen LogP contribution < -0.4 is 11.1 Å². The van der Waals surface area contributed by atoms with Gasteiger partial charge in [0, 0.05) is 12.4 Å². The van der Waals surface area contributed by atoms with Gasteiger partial charge >= 0.3 is 0 Å². The highest BCUT2D eigenvalue weighted by Gasteiger charge is 2.20. The quantitative estimate of drug-likeness (QED) is 0.231. The van der Waals surface area contributed by atoms with Crippen LogP contribution in [0.3, 0.4) is 0 Å². The van der Waals surface area contributed by atoms with E-state index in [2.05, 4.69) is 42.4 Å². The lowest BCUT2D eigenvalue weighted by Crippen LogP contribution is -2.44. The maximum absolute atomic E-state index is 5.98. The molecule has 0 radical (unpaired) electrons. The maximum atomic E-state index is 5.98. The van der Waals surface area contributed by atoms with Crippen molar-refractivity contribution in [2.45, 2.75) is 122 Å². The summed E-state index contributed by atoms with van der Waals surface area (Å²) in [4.78, 5) is 2.22. The van der Waals surface area contributed by atoms with E-state index in [1.165, 1.54) is 96.3 Å². The minimum absolute atomic E-state index is 0.100. The molecule has 0 fully saturated rings. The molecular weight excluding hydrogens is 318 g/mol. The first-order chi connectivity index (χ1) is 12.8. The molecule has 0 bridgehead atoms. The van der Waals surface area contributed by atoms with Gasteiger partial charge < -0.3 is 16.0 Å². The van der Waals surface area contributed by atoms with Gasteiger partial charge in [-0.1, -0.05) is 83.3 Å². The average molecular weight is 364 g/mol. The zero-order valence-electron chi connectivity index (χ0n) is 17.6. The maximum Gasteiger partial charge on any atom is 0.0995 e. The Labute approximate surface area is 163 Å². The van der Waals surface area contributed by atoms with Crippen LogP contribution in [0.15, 0.2) is 24.6 Å². The molecule has 0 saturated heterocycles. The van der Waals surface area contributed by atoms with Crippen molar-refractivity contribution in [3.8, 4) is 0 Å². The van der Waals surface area contributed by atoms with Crippen molar-refractivity contribution in [1.29, 1.82) is 0 Å². The van der Waals surface area contributed by atoms with E-state index in [0.29, 0.717) is 6.17 Å². The lowest BCUT2D eigenvalue weighted by Gasteiger charge is -2.28. The van der Waals surface area contributed by atoms with Gasteiger partial charge in [0.15, 0.2) is 0 Å². The van der Waals surface area contributed by atoms with Gasteiger partial charge in [-0.25, -0.2) is 0 Å². The van der Waals surface area contributed by atoms with Crippen LogP contribution in [0, 0.1) is 0 Å². The van der Waals surface area contributed by atoms with Crippen LogP contribution in [0.2, 0.25) is 0 Å². The Morgan fingerprint density at radius 1 is 0.885 bits per heavy atom. The number of hydrogen-bond acceptors (Lipinski definition) is 3. The lowest BCUT2D eigenvalue weighted by atomic mass is 10.0. The number of nitrogens with one attached hydrogen (secondary N) is 1. The number of allylic oxidation sites excluding steroid dienone is 2. The number of rotatable bonds is 17. The minimum Gasteiger partial charge on any atom is -0.370 e. The van der Waals surface area contributed by atoms with Crippen molar-refractivity contribution in [3.05, 3.63) is 24.6 Å². The molecule has 0 aromatic heterocycles. The zero-order chi connectivity index (χ0) is 18.9. The minimum atomic E-state index is 0.100. The van der Waals surface area contributed by atoms with Gasteiger partial charge in [-0.2, -0.15) is 0 Å². The van der Waals surface area contributed by atoms with E-state index in [1.807, 2.05) is 6.20 Å². The topological polar surface area (TPSA) is 41.3 Å². The molecule has 2 atom stereocenters. The van der Waals surface area contributed by atoms with Crippen molar-refractivity contribution in [1.82, 2.24) is 10.2 Å². The summed E-state index contributed by atoms with van der Waals surface area (Å²) in [6, 6.07) is 0. The van der Waals surface area contributed by atoms with Gasteiger partial charge in [0.25, 0.3) is 0 Å². The largest absolute Gasteiger partial charge is 0.370 e. The summed E-state index contributed by atoms with van der Waals surface area (Å²) in [5.41, 5.74) is 5.98. The molecule has 0 amide bonds. The highest BCUT2D eigenvalue weighted by atomic mass is 15.3. The Morgan fingerprint density at radius 3 is 2.00 bits per heavy atom. The van der Waals surface area contributed by atoms with E-state index in [9.17, 15) is 0 Å². The monoisotopic (exact) mass is 363 g/mol. The Bertz CT molecular complexity index is 362. The smallest absolute Gasteiger partial charge is 0.0995 e. The molecule has 26 heavy (non-hydrogen) atoms. The Morgan fingerprint density at radius 2 is 1.42 bits per heavy atom. The van der Waals surface area contributed by atoms with Crippen LogP contribution in [-0.4, -0.2) is 17.2 Å². The molecule has 0 aromatic rings.